The van der Waals surface area contributed by atoms with Gasteiger partial charge in [-0.25, -0.2) is 0 Å². The Balaban J connectivity index is 2.59. The Labute approximate surface area is 91.5 Å². The maximum absolute atomic E-state index is 11.1. The number of nitrogen functional groups attached to an aromatic ring is 1. The Bertz CT molecular complexity index is 548. The average Bonchev–Trinajstić information content (AvgIpc) is 2.17. The van der Waals surface area contributed by atoms with Crippen molar-refractivity contribution in [3.8, 4) is 11.1 Å². The highest BCUT2D eigenvalue weighted by Gasteiger charge is 2.03. The lowest BCUT2D eigenvalue weighted by Gasteiger charge is -2.05. The normalized spacial score (nSPS) is 10.2. The van der Waals surface area contributed by atoms with E-state index in [0.717, 1.165) is 11.1 Å². The number of anilines is 1. The maximum Gasteiger partial charge on any atom is 0.248 e. The minimum Gasteiger partial charge on any atom is -0.398 e. The number of nitrogens with one attached hydrogen (secondary N) is 1. The fourth-order valence-corrected chi connectivity index (χ4v) is 1.59. The molecule has 0 amide bonds. The van der Waals surface area contributed by atoms with E-state index >= 15 is 0 Å². The minimum absolute atomic E-state index is 0.151. The Hall–Kier alpha value is -1.74. The fraction of sp³-hybridized carbons (Fsp3) is 0. The maximum atomic E-state index is 11.1. The van der Waals surface area contributed by atoms with Crippen molar-refractivity contribution in [3.05, 3.63) is 51.9 Å². The molecule has 0 unspecified atom stereocenters. The molecule has 3 N–H and O–H groups in total. The van der Waals surface area contributed by atoms with E-state index < -0.39 is 0 Å². The van der Waals surface area contributed by atoms with Gasteiger partial charge in [0.25, 0.3) is 0 Å². The van der Waals surface area contributed by atoms with Crippen molar-refractivity contribution >= 4 is 17.3 Å². The number of pyridine rings is 1. The van der Waals surface area contributed by atoms with Crippen LogP contribution in [0.15, 0.2) is 41.3 Å². The standard InChI is InChI=1S/C11H9ClN2O/c12-8-1-2-9(10(13)6-8)7-3-4-14-11(15)5-7/h1-6H,13H2,(H,14,15). The first kappa shape index (κ1) is 9.80. The van der Waals surface area contributed by atoms with Crippen molar-refractivity contribution in [1.82, 2.24) is 4.98 Å². The second-order valence-corrected chi connectivity index (χ2v) is 3.61. The summed E-state index contributed by atoms with van der Waals surface area (Å²) in [7, 11) is 0. The van der Waals surface area contributed by atoms with Crippen molar-refractivity contribution in [2.45, 2.75) is 0 Å². The molecule has 0 aliphatic rings. The first-order valence-corrected chi connectivity index (χ1v) is 4.79. The number of nitrogens with two attached hydrogens (primary N) is 1. The van der Waals surface area contributed by atoms with E-state index in [1.165, 1.54) is 6.07 Å². The molecule has 0 aliphatic heterocycles. The molecular weight excluding hydrogens is 212 g/mol. The molecule has 15 heavy (non-hydrogen) atoms. The molecule has 1 heterocycles. The molecule has 2 aromatic rings. The van der Waals surface area contributed by atoms with Crippen molar-refractivity contribution in [1.29, 1.82) is 0 Å². The highest BCUT2D eigenvalue weighted by molar-refractivity contribution is 6.31. The largest absolute Gasteiger partial charge is 0.398 e. The molecule has 0 aliphatic carbocycles. The molecule has 0 fully saturated rings. The van der Waals surface area contributed by atoms with Crippen LogP contribution < -0.4 is 11.3 Å². The predicted molar refractivity (Wildman–Crippen MR) is 61.9 cm³/mol. The second kappa shape index (κ2) is 3.79. The zero-order chi connectivity index (χ0) is 10.8. The van der Waals surface area contributed by atoms with Gasteiger partial charge in [0.1, 0.15) is 0 Å². The van der Waals surface area contributed by atoms with Gasteiger partial charge in [0.15, 0.2) is 0 Å². The summed E-state index contributed by atoms with van der Waals surface area (Å²) in [6.45, 7) is 0. The number of H-pyrrole nitrogens is 1. The van der Waals surface area contributed by atoms with E-state index in [4.69, 9.17) is 17.3 Å². The lowest BCUT2D eigenvalue weighted by molar-refractivity contribution is 1.24. The monoisotopic (exact) mass is 220 g/mol. The molecule has 0 saturated carbocycles. The average molecular weight is 221 g/mol. The molecule has 1 aromatic heterocycles. The van der Waals surface area contributed by atoms with Crippen molar-refractivity contribution in [2.24, 2.45) is 0 Å². The number of rotatable bonds is 1. The van der Waals surface area contributed by atoms with E-state index in [1.54, 1.807) is 30.5 Å². The van der Waals surface area contributed by atoms with Crippen LogP contribution in [-0.4, -0.2) is 4.98 Å². The van der Waals surface area contributed by atoms with Crippen LogP contribution in [0.1, 0.15) is 0 Å². The summed E-state index contributed by atoms with van der Waals surface area (Å²) >= 11 is 5.79. The Morgan fingerprint density at radius 3 is 2.67 bits per heavy atom. The van der Waals surface area contributed by atoms with Gasteiger partial charge in [-0.15, -0.1) is 0 Å². The number of hydrogen-bond donors (Lipinski definition) is 2. The third kappa shape index (κ3) is 2.02. The SMILES string of the molecule is Nc1cc(Cl)ccc1-c1cc[nH]c(=O)c1. The van der Waals surface area contributed by atoms with Crippen LogP contribution in [-0.2, 0) is 0 Å². The molecular formula is C11H9ClN2O. The summed E-state index contributed by atoms with van der Waals surface area (Å²) in [5, 5.41) is 0.584. The Morgan fingerprint density at radius 1 is 1.20 bits per heavy atom. The Kier molecular flexibility index (Phi) is 2.47. The smallest absolute Gasteiger partial charge is 0.248 e. The van der Waals surface area contributed by atoms with Gasteiger partial charge in [0.05, 0.1) is 0 Å². The zero-order valence-corrected chi connectivity index (χ0v) is 8.58. The summed E-state index contributed by atoms with van der Waals surface area (Å²) in [5.74, 6) is 0. The molecule has 0 bridgehead atoms. The molecule has 2 rings (SSSR count). The highest BCUT2D eigenvalue weighted by Crippen LogP contribution is 2.26. The molecule has 1 aromatic carbocycles. The van der Waals surface area contributed by atoms with Crippen LogP contribution in [0.2, 0.25) is 5.02 Å². The van der Waals surface area contributed by atoms with Crippen LogP contribution in [0.4, 0.5) is 5.69 Å². The molecule has 0 atom stereocenters. The molecule has 0 saturated heterocycles. The van der Waals surface area contributed by atoms with Gasteiger partial charge in [-0.2, -0.15) is 0 Å². The van der Waals surface area contributed by atoms with Gasteiger partial charge in [-0.3, -0.25) is 4.79 Å². The zero-order valence-electron chi connectivity index (χ0n) is 7.83. The molecule has 76 valence electrons. The number of hydrogen-bond acceptors (Lipinski definition) is 2. The van der Waals surface area contributed by atoms with E-state index in [2.05, 4.69) is 4.98 Å². The third-order valence-corrected chi connectivity index (χ3v) is 2.33. The second-order valence-electron chi connectivity index (χ2n) is 3.17. The summed E-state index contributed by atoms with van der Waals surface area (Å²) in [6, 6.07) is 8.50. The van der Waals surface area contributed by atoms with Gasteiger partial charge in [0.2, 0.25) is 5.56 Å². The number of aromatic nitrogens is 1. The van der Waals surface area contributed by atoms with Gasteiger partial charge in [-0.1, -0.05) is 17.7 Å². The van der Waals surface area contributed by atoms with Crippen molar-refractivity contribution in [3.63, 3.8) is 0 Å². The van der Waals surface area contributed by atoms with E-state index in [0.29, 0.717) is 10.7 Å². The van der Waals surface area contributed by atoms with Gasteiger partial charge in [-0.05, 0) is 23.8 Å². The number of benzene rings is 1. The first-order valence-electron chi connectivity index (χ1n) is 4.41. The van der Waals surface area contributed by atoms with Gasteiger partial charge >= 0.3 is 0 Å². The summed E-state index contributed by atoms with van der Waals surface area (Å²) in [6.07, 6.45) is 1.59. The fourth-order valence-electron chi connectivity index (χ4n) is 1.41. The van der Waals surface area contributed by atoms with Crippen LogP contribution in [0.3, 0.4) is 0 Å². The molecule has 0 radical (unpaired) electrons. The molecule has 4 heteroatoms. The van der Waals surface area contributed by atoms with Crippen molar-refractivity contribution < 1.29 is 0 Å². The quantitative estimate of drug-likeness (QED) is 0.725. The van der Waals surface area contributed by atoms with Crippen LogP contribution >= 0.6 is 11.6 Å². The molecule has 3 nitrogen and oxygen atoms in total. The van der Waals surface area contributed by atoms with E-state index in [-0.39, 0.29) is 5.56 Å². The van der Waals surface area contributed by atoms with Crippen LogP contribution in [0.25, 0.3) is 11.1 Å². The predicted octanol–water partition coefficient (Wildman–Crippen LogP) is 2.28. The van der Waals surface area contributed by atoms with Crippen molar-refractivity contribution in [2.75, 3.05) is 5.73 Å². The number of halogens is 1. The molecule has 0 spiro atoms. The summed E-state index contributed by atoms with van der Waals surface area (Å²) in [4.78, 5) is 13.7. The first-order chi connectivity index (χ1) is 7.16. The summed E-state index contributed by atoms with van der Waals surface area (Å²) < 4.78 is 0. The topological polar surface area (TPSA) is 58.9 Å². The number of aromatic amines is 1. The van der Waals surface area contributed by atoms with Gasteiger partial charge in [0, 0.05) is 28.5 Å². The minimum atomic E-state index is -0.151. The highest BCUT2D eigenvalue weighted by atomic mass is 35.5. The lowest BCUT2D eigenvalue weighted by Crippen LogP contribution is -2.02. The third-order valence-electron chi connectivity index (χ3n) is 2.10. The van der Waals surface area contributed by atoms with Crippen LogP contribution in [0, 0.1) is 0 Å². The van der Waals surface area contributed by atoms with Crippen LogP contribution in [0.5, 0.6) is 0 Å². The summed E-state index contributed by atoms with van der Waals surface area (Å²) in [5.41, 5.74) is 7.81. The van der Waals surface area contributed by atoms with Gasteiger partial charge < -0.3 is 10.7 Å². The lowest BCUT2D eigenvalue weighted by atomic mass is 10.1. The van der Waals surface area contributed by atoms with E-state index in [1.807, 2.05) is 0 Å². The van der Waals surface area contributed by atoms with E-state index in [9.17, 15) is 4.79 Å². The Morgan fingerprint density at radius 2 is 2.00 bits per heavy atom.